The van der Waals surface area contributed by atoms with Gasteiger partial charge in [-0.25, -0.2) is 4.79 Å². The first-order chi connectivity index (χ1) is 8.99. The van der Waals surface area contributed by atoms with Crippen molar-refractivity contribution < 1.29 is 20.1 Å². The van der Waals surface area contributed by atoms with Crippen LogP contribution in [0.3, 0.4) is 0 Å². The summed E-state index contributed by atoms with van der Waals surface area (Å²) >= 11 is 0. The Hall–Kier alpha value is -1.68. The highest BCUT2D eigenvalue weighted by Crippen LogP contribution is 2.33. The molecule has 0 bridgehead atoms. The number of aliphatic hydroxyl groups is 3. The van der Waals surface area contributed by atoms with Gasteiger partial charge < -0.3 is 25.4 Å². The minimum atomic E-state index is -1.38. The standard InChI is InChI=1S/C10H15N3O6/c1-11-8-4(9(17)13-10(18)12-8)7-6(16)5(15)3(2-14)19-7/h3,5-7,14-16H,2H2,1H3,(H3,11,12,13,17,18)/t3-,5-,6-,7+/m1/s1. The van der Waals surface area contributed by atoms with Crippen LogP contribution in [0.4, 0.5) is 5.82 Å². The van der Waals surface area contributed by atoms with Crippen LogP contribution in [0, 0.1) is 0 Å². The smallest absolute Gasteiger partial charge is 0.327 e. The zero-order chi connectivity index (χ0) is 14.2. The Morgan fingerprint density at radius 3 is 2.47 bits per heavy atom. The van der Waals surface area contributed by atoms with Crippen molar-refractivity contribution in [2.75, 3.05) is 19.0 Å². The van der Waals surface area contributed by atoms with Crippen molar-refractivity contribution in [2.24, 2.45) is 0 Å². The predicted molar refractivity (Wildman–Crippen MR) is 63.9 cm³/mol. The maximum atomic E-state index is 11.8. The van der Waals surface area contributed by atoms with Gasteiger partial charge in [0.1, 0.15) is 30.2 Å². The van der Waals surface area contributed by atoms with E-state index in [2.05, 4.69) is 10.3 Å². The number of hydrogen-bond donors (Lipinski definition) is 6. The molecule has 2 heterocycles. The van der Waals surface area contributed by atoms with E-state index < -0.39 is 42.3 Å². The van der Waals surface area contributed by atoms with Gasteiger partial charge in [-0.2, -0.15) is 0 Å². The zero-order valence-corrected chi connectivity index (χ0v) is 10.1. The number of ether oxygens (including phenoxy) is 1. The summed E-state index contributed by atoms with van der Waals surface area (Å²) in [7, 11) is 1.48. The lowest BCUT2D eigenvalue weighted by atomic mass is 10.0. The van der Waals surface area contributed by atoms with Crippen LogP contribution in [-0.4, -0.2) is 57.3 Å². The van der Waals surface area contributed by atoms with E-state index in [0.717, 1.165) is 0 Å². The molecule has 1 aromatic heterocycles. The molecule has 0 amide bonds. The maximum absolute atomic E-state index is 11.8. The Kier molecular flexibility index (Phi) is 3.71. The van der Waals surface area contributed by atoms with Gasteiger partial charge >= 0.3 is 5.69 Å². The van der Waals surface area contributed by atoms with Gasteiger partial charge in [0.15, 0.2) is 0 Å². The number of rotatable bonds is 3. The normalized spacial score (nSPS) is 30.5. The van der Waals surface area contributed by atoms with Crippen molar-refractivity contribution in [3.63, 3.8) is 0 Å². The molecule has 0 unspecified atom stereocenters. The fraction of sp³-hybridized carbons (Fsp3) is 0.600. The molecule has 0 radical (unpaired) electrons. The molecule has 2 rings (SSSR count). The lowest BCUT2D eigenvalue weighted by Crippen LogP contribution is -2.34. The van der Waals surface area contributed by atoms with Gasteiger partial charge in [-0.3, -0.25) is 14.8 Å². The highest BCUT2D eigenvalue weighted by atomic mass is 16.6. The quantitative estimate of drug-likeness (QED) is 0.350. The van der Waals surface area contributed by atoms with Crippen LogP contribution >= 0.6 is 0 Å². The van der Waals surface area contributed by atoms with E-state index in [1.54, 1.807) is 0 Å². The molecule has 1 aliphatic rings. The number of aromatic nitrogens is 2. The van der Waals surface area contributed by atoms with Crippen LogP contribution in [0.5, 0.6) is 0 Å². The third kappa shape index (κ3) is 2.28. The number of H-pyrrole nitrogens is 2. The molecule has 9 heteroatoms. The van der Waals surface area contributed by atoms with Crippen LogP contribution < -0.4 is 16.6 Å². The maximum Gasteiger partial charge on any atom is 0.327 e. The lowest BCUT2D eigenvalue weighted by Gasteiger charge is -2.16. The molecule has 1 aromatic rings. The first-order valence-electron chi connectivity index (χ1n) is 5.66. The van der Waals surface area contributed by atoms with Crippen molar-refractivity contribution in [3.05, 3.63) is 26.4 Å². The van der Waals surface area contributed by atoms with Gasteiger partial charge in [-0.1, -0.05) is 0 Å². The second kappa shape index (κ2) is 5.13. The van der Waals surface area contributed by atoms with E-state index in [9.17, 15) is 19.8 Å². The third-order valence-electron chi connectivity index (χ3n) is 3.06. The SMILES string of the molecule is CNc1[nH]c(=O)[nH]c(=O)c1[C@@H]1O[C@H](CO)[C@@H](O)[C@H]1O. The van der Waals surface area contributed by atoms with E-state index >= 15 is 0 Å². The molecule has 9 nitrogen and oxygen atoms in total. The van der Waals surface area contributed by atoms with Crippen molar-refractivity contribution >= 4 is 5.82 Å². The summed E-state index contributed by atoms with van der Waals surface area (Å²) in [5.41, 5.74) is -1.47. The minimum Gasteiger partial charge on any atom is -0.394 e. The topological polar surface area (TPSA) is 148 Å². The van der Waals surface area contributed by atoms with Crippen LogP contribution in [0.2, 0.25) is 0 Å². The van der Waals surface area contributed by atoms with Gasteiger partial charge in [0.05, 0.1) is 12.2 Å². The van der Waals surface area contributed by atoms with Crippen molar-refractivity contribution in [3.8, 4) is 0 Å². The van der Waals surface area contributed by atoms with Crippen molar-refractivity contribution in [1.29, 1.82) is 0 Å². The summed E-state index contributed by atoms with van der Waals surface area (Å²) in [5, 5.41) is 31.1. The second-order valence-electron chi connectivity index (χ2n) is 4.21. The molecule has 19 heavy (non-hydrogen) atoms. The van der Waals surface area contributed by atoms with Crippen LogP contribution in [-0.2, 0) is 4.74 Å². The van der Waals surface area contributed by atoms with Crippen LogP contribution in [0.15, 0.2) is 9.59 Å². The fourth-order valence-corrected chi connectivity index (χ4v) is 2.10. The summed E-state index contributed by atoms with van der Waals surface area (Å²) in [4.78, 5) is 27.3. The molecule has 1 saturated heterocycles. The lowest BCUT2D eigenvalue weighted by molar-refractivity contribution is -0.0230. The van der Waals surface area contributed by atoms with E-state index in [1.165, 1.54) is 7.05 Å². The minimum absolute atomic E-state index is 0.0374. The van der Waals surface area contributed by atoms with E-state index in [1.807, 2.05) is 4.98 Å². The van der Waals surface area contributed by atoms with Crippen molar-refractivity contribution in [2.45, 2.75) is 24.4 Å². The molecule has 106 valence electrons. The fourth-order valence-electron chi connectivity index (χ4n) is 2.10. The molecular weight excluding hydrogens is 258 g/mol. The molecule has 6 N–H and O–H groups in total. The molecule has 0 spiro atoms. The third-order valence-corrected chi connectivity index (χ3v) is 3.06. The summed E-state index contributed by atoms with van der Waals surface area (Å²) in [6.07, 6.45) is -4.83. The van der Waals surface area contributed by atoms with E-state index in [0.29, 0.717) is 0 Å². The summed E-state index contributed by atoms with van der Waals surface area (Å²) in [6, 6.07) is 0. The molecule has 1 fully saturated rings. The Balaban J connectivity index is 2.48. The average Bonchev–Trinajstić information content (AvgIpc) is 2.65. The Morgan fingerprint density at radius 1 is 1.26 bits per heavy atom. The Labute approximate surface area is 106 Å². The van der Waals surface area contributed by atoms with Gasteiger partial charge in [0, 0.05) is 7.05 Å². The molecule has 0 aromatic carbocycles. The van der Waals surface area contributed by atoms with E-state index in [4.69, 9.17) is 9.84 Å². The predicted octanol–water partition coefficient (Wildman–Crippen LogP) is -2.74. The summed E-state index contributed by atoms with van der Waals surface area (Å²) in [6.45, 7) is -0.495. The molecular formula is C10H15N3O6. The molecule has 4 atom stereocenters. The largest absolute Gasteiger partial charge is 0.394 e. The Morgan fingerprint density at radius 2 is 1.95 bits per heavy atom. The molecule has 0 saturated carbocycles. The summed E-state index contributed by atoms with van der Waals surface area (Å²) in [5.74, 6) is 0.0867. The first-order valence-corrected chi connectivity index (χ1v) is 5.66. The number of nitrogens with one attached hydrogen (secondary N) is 3. The van der Waals surface area contributed by atoms with E-state index in [-0.39, 0.29) is 11.4 Å². The Bertz CT molecular complexity index is 567. The zero-order valence-electron chi connectivity index (χ0n) is 10.1. The number of anilines is 1. The van der Waals surface area contributed by atoms with Crippen LogP contribution in [0.1, 0.15) is 11.7 Å². The summed E-state index contributed by atoms with van der Waals surface area (Å²) < 4.78 is 5.25. The monoisotopic (exact) mass is 273 g/mol. The molecule has 1 aliphatic heterocycles. The van der Waals surface area contributed by atoms with Gasteiger partial charge in [-0.05, 0) is 0 Å². The van der Waals surface area contributed by atoms with Crippen molar-refractivity contribution in [1.82, 2.24) is 9.97 Å². The number of hydrogen-bond acceptors (Lipinski definition) is 7. The van der Waals surface area contributed by atoms with Gasteiger partial charge in [0.2, 0.25) is 0 Å². The highest BCUT2D eigenvalue weighted by molar-refractivity contribution is 5.44. The molecule has 0 aliphatic carbocycles. The second-order valence-corrected chi connectivity index (χ2v) is 4.21. The van der Waals surface area contributed by atoms with Crippen LogP contribution in [0.25, 0.3) is 0 Å². The highest BCUT2D eigenvalue weighted by Gasteiger charge is 2.45. The van der Waals surface area contributed by atoms with Gasteiger partial charge in [0.25, 0.3) is 5.56 Å². The average molecular weight is 273 g/mol. The van der Waals surface area contributed by atoms with Gasteiger partial charge in [-0.15, -0.1) is 0 Å². The number of aliphatic hydroxyl groups excluding tert-OH is 3. The number of aromatic amines is 2. The first kappa shape index (κ1) is 13.7.